The molecule has 0 saturated heterocycles. The van der Waals surface area contributed by atoms with Crippen LogP contribution in [-0.4, -0.2) is 28.2 Å². The van der Waals surface area contributed by atoms with Gasteiger partial charge in [-0.2, -0.15) is 5.26 Å². The summed E-state index contributed by atoms with van der Waals surface area (Å²) in [6, 6.07) is 4.02. The minimum atomic E-state index is -0.504. The average molecular weight is 412 g/mol. The summed E-state index contributed by atoms with van der Waals surface area (Å²) in [5, 5.41) is 10.6. The highest BCUT2D eigenvalue weighted by atomic mass is 32.1. The molecule has 5 nitrogen and oxygen atoms in total. The maximum atomic E-state index is 12.7. The van der Waals surface area contributed by atoms with Gasteiger partial charge in [0.1, 0.15) is 16.5 Å². The van der Waals surface area contributed by atoms with E-state index in [1.165, 1.54) is 37.1 Å². The van der Waals surface area contributed by atoms with Crippen molar-refractivity contribution in [3.63, 3.8) is 0 Å². The van der Waals surface area contributed by atoms with Crippen LogP contribution in [0.15, 0.2) is 22.8 Å². The first kappa shape index (κ1) is 19.0. The highest BCUT2D eigenvalue weighted by Crippen LogP contribution is 2.40. The molecule has 144 valence electrons. The Bertz CT molecular complexity index is 1030. The lowest BCUT2D eigenvalue weighted by Gasteiger charge is -2.26. The average Bonchev–Trinajstić information content (AvgIpc) is 3.25. The summed E-state index contributed by atoms with van der Waals surface area (Å²) >= 11 is 3.32. The summed E-state index contributed by atoms with van der Waals surface area (Å²) in [7, 11) is 0. The van der Waals surface area contributed by atoms with Crippen LogP contribution in [0, 0.1) is 11.3 Å². The van der Waals surface area contributed by atoms with E-state index in [1.54, 1.807) is 42.6 Å². The number of thiazole rings is 1. The van der Waals surface area contributed by atoms with E-state index in [0.717, 1.165) is 19.3 Å². The Labute approximate surface area is 172 Å². The minimum absolute atomic E-state index is 0.0452. The van der Waals surface area contributed by atoms with Crippen LogP contribution in [0.1, 0.15) is 61.8 Å². The molecular weight excluding hydrogens is 390 g/mol. The summed E-state index contributed by atoms with van der Waals surface area (Å²) < 4.78 is 1.14. The van der Waals surface area contributed by atoms with Gasteiger partial charge in [-0.15, -0.1) is 22.7 Å². The maximum absolute atomic E-state index is 12.7. The van der Waals surface area contributed by atoms with E-state index < -0.39 is 5.91 Å². The van der Waals surface area contributed by atoms with Gasteiger partial charge < -0.3 is 0 Å². The molecule has 1 aliphatic carbocycles. The van der Waals surface area contributed by atoms with E-state index in [9.17, 15) is 14.9 Å². The smallest absolute Gasteiger partial charge is 0.271 e. The van der Waals surface area contributed by atoms with E-state index >= 15 is 0 Å². The van der Waals surface area contributed by atoms with Crippen LogP contribution >= 0.6 is 22.7 Å². The number of carbonyl (C=O) groups is 2. The first-order valence-electron chi connectivity index (χ1n) is 9.63. The van der Waals surface area contributed by atoms with Crippen molar-refractivity contribution in [2.24, 2.45) is 0 Å². The predicted octanol–water partition coefficient (Wildman–Crippen LogP) is 5.02. The number of thiophene rings is 1. The van der Waals surface area contributed by atoms with Crippen molar-refractivity contribution in [2.45, 2.75) is 51.9 Å². The Morgan fingerprint density at radius 2 is 2.00 bits per heavy atom. The quantitative estimate of drug-likeness (QED) is 0.525. The van der Waals surface area contributed by atoms with Gasteiger partial charge in [-0.1, -0.05) is 19.3 Å². The molecule has 0 radical (unpaired) electrons. The van der Waals surface area contributed by atoms with Crippen molar-refractivity contribution in [3.05, 3.63) is 32.7 Å². The number of hydrogen-bond acceptors (Lipinski definition) is 6. The zero-order chi connectivity index (χ0) is 19.8. The Morgan fingerprint density at radius 1 is 1.25 bits per heavy atom. The Hall–Kier alpha value is -2.30. The van der Waals surface area contributed by atoms with Crippen LogP contribution in [0.3, 0.4) is 0 Å². The van der Waals surface area contributed by atoms with Gasteiger partial charge in [-0.3, -0.25) is 14.5 Å². The Kier molecular flexibility index (Phi) is 5.17. The number of rotatable bonds is 3. The van der Waals surface area contributed by atoms with Gasteiger partial charge in [0.2, 0.25) is 0 Å². The predicted molar refractivity (Wildman–Crippen MR) is 112 cm³/mol. The van der Waals surface area contributed by atoms with Crippen molar-refractivity contribution in [1.82, 2.24) is 9.88 Å². The Morgan fingerprint density at radius 3 is 2.64 bits per heavy atom. The first-order chi connectivity index (χ1) is 13.5. The largest absolute Gasteiger partial charge is 0.274 e. The van der Waals surface area contributed by atoms with Gasteiger partial charge in [0.25, 0.3) is 11.8 Å². The van der Waals surface area contributed by atoms with Crippen molar-refractivity contribution < 1.29 is 9.59 Å². The van der Waals surface area contributed by atoms with Crippen LogP contribution < -0.4 is 0 Å². The van der Waals surface area contributed by atoms with Crippen molar-refractivity contribution in [1.29, 1.82) is 5.26 Å². The Balaban J connectivity index is 1.69. The number of likely N-dealkylation sites (N-methyl/N-ethyl adjacent to an activating group) is 1. The number of nitrogens with zero attached hydrogens (tertiary/aromatic N) is 3. The van der Waals surface area contributed by atoms with Crippen LogP contribution in [0.5, 0.6) is 0 Å². The van der Waals surface area contributed by atoms with E-state index in [1.807, 2.05) is 6.07 Å². The molecule has 2 aromatic heterocycles. The van der Waals surface area contributed by atoms with E-state index in [2.05, 4.69) is 6.07 Å². The summed E-state index contributed by atoms with van der Waals surface area (Å²) in [4.78, 5) is 32.9. The van der Waals surface area contributed by atoms with Crippen LogP contribution in [0.25, 0.3) is 15.6 Å². The number of hydrogen-bond donors (Lipinski definition) is 0. The summed E-state index contributed by atoms with van der Waals surface area (Å²) in [6.45, 7) is 3.66. The van der Waals surface area contributed by atoms with Gasteiger partial charge in [0.05, 0.1) is 9.71 Å². The normalized spacial score (nSPS) is 20.5. The lowest BCUT2D eigenvalue weighted by atomic mass is 9.90. The molecule has 2 aliphatic rings. The monoisotopic (exact) mass is 411 g/mol. The summed E-state index contributed by atoms with van der Waals surface area (Å²) in [5.41, 5.74) is 0.915. The molecule has 0 bridgehead atoms. The molecule has 1 aliphatic heterocycles. The molecule has 1 saturated carbocycles. The number of carbonyl (C=O) groups excluding carboxylic acids is 2. The van der Waals surface area contributed by atoms with Gasteiger partial charge >= 0.3 is 0 Å². The van der Waals surface area contributed by atoms with Crippen molar-refractivity contribution >= 4 is 50.1 Å². The highest BCUT2D eigenvalue weighted by Gasteiger charge is 2.34. The fourth-order valence-electron chi connectivity index (χ4n) is 3.92. The third-order valence-corrected chi connectivity index (χ3v) is 7.78. The third kappa shape index (κ3) is 3.21. The molecule has 0 unspecified atom stereocenters. The SMILES string of the molecule is CCN1C(=O)C(C#N)=C(C)/C(=C/c2cc3sc(C4CCCCC4)nc3s2)C1=O. The summed E-state index contributed by atoms with van der Waals surface area (Å²) in [6.07, 6.45) is 8.16. The number of fused-ring (bicyclic) bond motifs is 1. The van der Waals surface area contributed by atoms with E-state index in [4.69, 9.17) is 4.98 Å². The molecule has 2 amide bonds. The van der Waals surface area contributed by atoms with Gasteiger partial charge in [-0.25, -0.2) is 4.98 Å². The zero-order valence-electron chi connectivity index (χ0n) is 15.9. The molecule has 0 N–H and O–H groups in total. The van der Waals surface area contributed by atoms with Crippen LogP contribution in [0.2, 0.25) is 0 Å². The number of imide groups is 1. The number of nitriles is 1. The van der Waals surface area contributed by atoms with Gasteiger partial charge in [0, 0.05) is 22.9 Å². The zero-order valence-corrected chi connectivity index (χ0v) is 17.6. The standard InChI is InChI=1S/C21H21N3O2S2/c1-3-24-20(25)15(12(2)16(11-22)21(24)26)9-14-10-17-19(27-14)23-18(28-17)13-7-5-4-6-8-13/h9-10,13H,3-8H2,1-2H3/b15-9-. The molecule has 3 heterocycles. The second kappa shape index (κ2) is 7.61. The fourth-order valence-corrected chi connectivity index (χ4v) is 6.27. The first-order valence-corrected chi connectivity index (χ1v) is 11.3. The molecule has 1 fully saturated rings. The second-order valence-electron chi connectivity index (χ2n) is 7.23. The van der Waals surface area contributed by atoms with Crippen molar-refractivity contribution in [2.75, 3.05) is 6.54 Å². The lowest BCUT2D eigenvalue weighted by Crippen LogP contribution is -2.42. The number of aromatic nitrogens is 1. The molecule has 28 heavy (non-hydrogen) atoms. The van der Waals surface area contributed by atoms with Crippen molar-refractivity contribution in [3.8, 4) is 6.07 Å². The molecule has 2 aromatic rings. The molecule has 4 rings (SSSR count). The molecule has 0 spiro atoms. The fraction of sp³-hybridized carbons (Fsp3) is 0.429. The van der Waals surface area contributed by atoms with Crippen LogP contribution in [-0.2, 0) is 9.59 Å². The maximum Gasteiger partial charge on any atom is 0.271 e. The molecule has 0 atom stereocenters. The topological polar surface area (TPSA) is 74.1 Å². The molecule has 0 aromatic carbocycles. The van der Waals surface area contributed by atoms with Gasteiger partial charge in [-0.05, 0) is 44.4 Å². The second-order valence-corrected chi connectivity index (χ2v) is 9.35. The summed E-state index contributed by atoms with van der Waals surface area (Å²) in [5.74, 6) is -0.250. The molecular formula is C21H21N3O2S2. The van der Waals surface area contributed by atoms with Gasteiger partial charge in [0.15, 0.2) is 0 Å². The third-order valence-electron chi connectivity index (χ3n) is 5.51. The number of amides is 2. The van der Waals surface area contributed by atoms with Crippen LogP contribution in [0.4, 0.5) is 0 Å². The molecule has 7 heteroatoms. The lowest BCUT2D eigenvalue weighted by molar-refractivity contribution is -0.140. The van der Waals surface area contributed by atoms with E-state index in [0.29, 0.717) is 17.1 Å². The highest BCUT2D eigenvalue weighted by molar-refractivity contribution is 7.27. The minimum Gasteiger partial charge on any atom is -0.274 e. The van der Waals surface area contributed by atoms with E-state index in [-0.39, 0.29) is 18.0 Å².